The van der Waals surface area contributed by atoms with Crippen LogP contribution in [0.4, 0.5) is 8.78 Å². The van der Waals surface area contributed by atoms with Crippen LogP contribution in [0.1, 0.15) is 76.2 Å². The van der Waals surface area contributed by atoms with Gasteiger partial charge in [0.25, 0.3) is 0 Å². The van der Waals surface area contributed by atoms with Gasteiger partial charge in [0, 0.05) is 0 Å². The Morgan fingerprint density at radius 2 is 1.28 bits per heavy atom. The first-order valence-corrected chi connectivity index (χ1v) is 11.8. The molecule has 1 heterocycles. The summed E-state index contributed by atoms with van der Waals surface area (Å²) in [4.78, 5) is 0. The molecule has 1 aromatic rings. The van der Waals surface area contributed by atoms with E-state index in [0.717, 1.165) is 61.7 Å². The van der Waals surface area contributed by atoms with Gasteiger partial charge in [-0.15, -0.1) is 0 Å². The molecule has 2 aliphatic carbocycles. The van der Waals surface area contributed by atoms with Crippen LogP contribution in [-0.4, -0.2) is 19.5 Å². The topological polar surface area (TPSA) is 18.5 Å². The van der Waals surface area contributed by atoms with Crippen LogP contribution in [-0.2, 0) is 15.9 Å². The highest BCUT2D eigenvalue weighted by Crippen LogP contribution is 2.43. The zero-order valence-electron chi connectivity index (χ0n) is 17.6. The Bertz CT molecular complexity index is 628. The van der Waals surface area contributed by atoms with Gasteiger partial charge >= 0.3 is 0 Å². The monoisotopic (exact) mass is 406 g/mol. The van der Waals surface area contributed by atoms with Crippen molar-refractivity contribution in [3.05, 3.63) is 35.4 Å². The van der Waals surface area contributed by atoms with Gasteiger partial charge < -0.3 is 9.47 Å². The van der Waals surface area contributed by atoms with Gasteiger partial charge in [-0.3, -0.25) is 0 Å². The van der Waals surface area contributed by atoms with Crippen molar-refractivity contribution >= 4 is 0 Å². The standard InChI is InChI=1S/C25H36F2O2/c26-23-13-7-20(17-24(23)27)2-1-18-3-9-21(10-4-18)22-11-5-19(6-12-22)8-14-25-28-15-16-29-25/h7,13,17-19,21-22,25H,1-6,8-12,14-16H2/t18?,19-,21?,22-. The van der Waals surface area contributed by atoms with E-state index in [4.69, 9.17) is 9.47 Å². The van der Waals surface area contributed by atoms with Crippen molar-refractivity contribution in [3.8, 4) is 0 Å². The first-order chi connectivity index (χ1) is 14.2. The fourth-order valence-electron chi connectivity index (χ4n) is 5.91. The lowest BCUT2D eigenvalue weighted by Crippen LogP contribution is -2.26. The molecule has 0 amide bonds. The molecule has 0 unspecified atom stereocenters. The van der Waals surface area contributed by atoms with E-state index in [0.29, 0.717) is 0 Å². The minimum atomic E-state index is -0.746. The van der Waals surface area contributed by atoms with E-state index < -0.39 is 11.6 Å². The predicted octanol–water partition coefficient (Wildman–Crippen LogP) is 6.66. The molecule has 4 rings (SSSR count). The first kappa shape index (κ1) is 21.2. The van der Waals surface area contributed by atoms with E-state index in [-0.39, 0.29) is 6.29 Å². The predicted molar refractivity (Wildman–Crippen MR) is 111 cm³/mol. The third-order valence-corrected chi connectivity index (χ3v) is 7.78. The Morgan fingerprint density at radius 3 is 1.86 bits per heavy atom. The van der Waals surface area contributed by atoms with Crippen molar-refractivity contribution in [1.29, 1.82) is 0 Å². The average molecular weight is 407 g/mol. The Hall–Kier alpha value is -1.00. The molecule has 1 saturated heterocycles. The van der Waals surface area contributed by atoms with E-state index in [1.165, 1.54) is 69.9 Å². The lowest BCUT2D eigenvalue weighted by Gasteiger charge is -2.38. The van der Waals surface area contributed by atoms with Gasteiger partial charge in [-0.1, -0.05) is 31.7 Å². The Balaban J connectivity index is 1.12. The van der Waals surface area contributed by atoms with E-state index in [2.05, 4.69) is 0 Å². The Morgan fingerprint density at radius 1 is 0.690 bits per heavy atom. The largest absolute Gasteiger partial charge is 0.350 e. The van der Waals surface area contributed by atoms with Crippen molar-refractivity contribution in [3.63, 3.8) is 0 Å². The summed E-state index contributed by atoms with van der Waals surface area (Å²) in [5.41, 5.74) is 0.928. The normalized spacial score (nSPS) is 31.2. The molecule has 1 aromatic carbocycles. The van der Waals surface area contributed by atoms with Crippen molar-refractivity contribution in [1.82, 2.24) is 0 Å². The highest BCUT2D eigenvalue weighted by molar-refractivity contribution is 5.17. The molecule has 2 saturated carbocycles. The molecule has 0 bridgehead atoms. The summed E-state index contributed by atoms with van der Waals surface area (Å²) in [6, 6.07) is 4.35. The number of hydrogen-bond donors (Lipinski definition) is 0. The molecule has 0 atom stereocenters. The van der Waals surface area contributed by atoms with Crippen LogP contribution in [0.25, 0.3) is 0 Å². The summed E-state index contributed by atoms with van der Waals surface area (Å²) in [7, 11) is 0. The quantitative estimate of drug-likeness (QED) is 0.504. The highest BCUT2D eigenvalue weighted by Gasteiger charge is 2.31. The van der Waals surface area contributed by atoms with Crippen molar-refractivity contribution < 1.29 is 18.3 Å². The van der Waals surface area contributed by atoms with Gasteiger partial charge in [0.05, 0.1) is 13.2 Å². The van der Waals surface area contributed by atoms with Gasteiger partial charge in [0.15, 0.2) is 17.9 Å². The zero-order valence-corrected chi connectivity index (χ0v) is 17.6. The number of rotatable bonds is 7. The smallest absolute Gasteiger partial charge is 0.159 e. The van der Waals surface area contributed by atoms with Crippen molar-refractivity contribution in [2.24, 2.45) is 23.7 Å². The van der Waals surface area contributed by atoms with Crippen molar-refractivity contribution in [2.45, 2.75) is 83.3 Å². The first-order valence-electron chi connectivity index (χ1n) is 11.8. The third kappa shape index (κ3) is 6.01. The molecule has 1 aliphatic heterocycles. The molecule has 4 heteroatoms. The molecule has 0 radical (unpaired) electrons. The summed E-state index contributed by atoms with van der Waals surface area (Å²) in [6.45, 7) is 1.53. The molecular weight excluding hydrogens is 370 g/mol. The summed E-state index contributed by atoms with van der Waals surface area (Å²) < 4.78 is 37.6. The number of benzene rings is 1. The second kappa shape index (κ2) is 10.3. The fourth-order valence-corrected chi connectivity index (χ4v) is 5.91. The summed E-state index contributed by atoms with van der Waals surface area (Å²) >= 11 is 0. The number of hydrogen-bond acceptors (Lipinski definition) is 2. The molecule has 0 aromatic heterocycles. The van der Waals surface area contributed by atoms with Gasteiger partial charge in [0.2, 0.25) is 0 Å². The van der Waals surface area contributed by atoms with E-state index >= 15 is 0 Å². The van der Waals surface area contributed by atoms with Crippen LogP contribution in [0.2, 0.25) is 0 Å². The molecule has 2 nitrogen and oxygen atoms in total. The van der Waals surface area contributed by atoms with Gasteiger partial charge in [-0.25, -0.2) is 8.78 Å². The minimum Gasteiger partial charge on any atom is -0.350 e. The summed E-state index contributed by atoms with van der Waals surface area (Å²) in [6.07, 6.45) is 15.3. The maximum Gasteiger partial charge on any atom is 0.159 e. The second-order valence-corrected chi connectivity index (χ2v) is 9.60. The van der Waals surface area contributed by atoms with Crippen LogP contribution in [0.5, 0.6) is 0 Å². The van der Waals surface area contributed by atoms with E-state index in [1.807, 2.05) is 0 Å². The molecule has 3 aliphatic rings. The lowest BCUT2D eigenvalue weighted by atomic mass is 9.68. The minimum absolute atomic E-state index is 0.0643. The highest BCUT2D eigenvalue weighted by atomic mass is 19.2. The Labute approximate surface area is 174 Å². The maximum absolute atomic E-state index is 13.4. The second-order valence-electron chi connectivity index (χ2n) is 9.60. The van der Waals surface area contributed by atoms with Crippen molar-refractivity contribution in [2.75, 3.05) is 13.2 Å². The summed E-state index contributed by atoms with van der Waals surface area (Å²) in [5, 5.41) is 0. The lowest BCUT2D eigenvalue weighted by molar-refractivity contribution is -0.0514. The third-order valence-electron chi connectivity index (χ3n) is 7.78. The maximum atomic E-state index is 13.4. The van der Waals surface area contributed by atoms with Gasteiger partial charge in [-0.05, 0) is 92.7 Å². The molecule has 29 heavy (non-hydrogen) atoms. The van der Waals surface area contributed by atoms with Crippen LogP contribution in [0, 0.1) is 35.3 Å². The number of halogens is 2. The molecule has 3 fully saturated rings. The molecule has 162 valence electrons. The average Bonchev–Trinajstić information content (AvgIpc) is 3.28. The van der Waals surface area contributed by atoms with Gasteiger partial charge in [0.1, 0.15) is 0 Å². The number of aryl methyl sites for hydroxylation is 1. The zero-order chi connectivity index (χ0) is 20.1. The Kier molecular flexibility index (Phi) is 7.58. The van der Waals surface area contributed by atoms with Crippen LogP contribution in [0.3, 0.4) is 0 Å². The van der Waals surface area contributed by atoms with Crippen LogP contribution in [0.15, 0.2) is 18.2 Å². The SMILES string of the molecule is Fc1ccc(CCC2CCC([C@H]3CC[C@H](CCC4OCCO4)CC3)CC2)cc1F. The molecule has 0 spiro atoms. The van der Waals surface area contributed by atoms with Crippen LogP contribution < -0.4 is 0 Å². The summed E-state index contributed by atoms with van der Waals surface area (Å²) in [5.74, 6) is 2.00. The molecular formula is C25H36F2O2. The fraction of sp³-hybridized carbons (Fsp3) is 0.760. The van der Waals surface area contributed by atoms with E-state index in [1.54, 1.807) is 6.07 Å². The van der Waals surface area contributed by atoms with Crippen LogP contribution >= 0.6 is 0 Å². The van der Waals surface area contributed by atoms with E-state index in [9.17, 15) is 8.78 Å². The van der Waals surface area contributed by atoms with Gasteiger partial charge in [-0.2, -0.15) is 0 Å². The number of ether oxygens (including phenoxy) is 2. The molecule has 0 N–H and O–H groups in total.